The van der Waals surface area contributed by atoms with E-state index in [4.69, 9.17) is 11.6 Å². The maximum atomic E-state index is 14.9. The van der Waals surface area contributed by atoms with Crippen LogP contribution in [0.15, 0.2) is 72.8 Å². The van der Waals surface area contributed by atoms with Gasteiger partial charge in [-0.1, -0.05) is 79.0 Å². The van der Waals surface area contributed by atoms with Gasteiger partial charge in [0.15, 0.2) is 0 Å². The van der Waals surface area contributed by atoms with Crippen LogP contribution in [0, 0.1) is 12.7 Å². The highest BCUT2D eigenvalue weighted by Gasteiger charge is 2.32. The summed E-state index contributed by atoms with van der Waals surface area (Å²) in [5, 5.41) is 3.54. The topological polar surface area (TPSA) is 86.8 Å². The SMILES string of the molecule is Cc1ccc(Cl)cc1N(CCCC(=O)N(Cc1ccccc1F)[C@H](Cc1ccccc1)C(=O)NC1CCCC1)S(C)(=O)=O. The minimum Gasteiger partial charge on any atom is -0.352 e. The summed E-state index contributed by atoms with van der Waals surface area (Å²) in [5.41, 5.74) is 2.35. The molecule has 2 amide bonds. The van der Waals surface area contributed by atoms with E-state index in [0.717, 1.165) is 43.1 Å². The van der Waals surface area contributed by atoms with E-state index in [9.17, 15) is 22.4 Å². The summed E-state index contributed by atoms with van der Waals surface area (Å²) in [6.07, 6.45) is 5.37. The van der Waals surface area contributed by atoms with Crippen LogP contribution in [0.1, 0.15) is 55.2 Å². The van der Waals surface area contributed by atoms with E-state index in [1.807, 2.05) is 30.3 Å². The molecule has 1 saturated carbocycles. The van der Waals surface area contributed by atoms with E-state index >= 15 is 0 Å². The average molecular weight is 628 g/mol. The second-order valence-corrected chi connectivity index (χ2v) is 13.5. The summed E-state index contributed by atoms with van der Waals surface area (Å²) in [4.78, 5) is 29.2. The van der Waals surface area contributed by atoms with Crippen LogP contribution in [0.5, 0.6) is 0 Å². The Kier molecular flexibility index (Phi) is 11.2. The van der Waals surface area contributed by atoms with Gasteiger partial charge in [-0.2, -0.15) is 0 Å². The van der Waals surface area contributed by atoms with Crippen LogP contribution in [0.25, 0.3) is 0 Å². The van der Waals surface area contributed by atoms with Gasteiger partial charge in [-0.25, -0.2) is 12.8 Å². The van der Waals surface area contributed by atoms with Crippen LogP contribution >= 0.6 is 11.6 Å². The number of hydrogen-bond donors (Lipinski definition) is 1. The summed E-state index contributed by atoms with van der Waals surface area (Å²) >= 11 is 6.17. The second-order valence-electron chi connectivity index (χ2n) is 11.2. The monoisotopic (exact) mass is 627 g/mol. The lowest BCUT2D eigenvalue weighted by atomic mass is 10.0. The van der Waals surface area contributed by atoms with Crippen LogP contribution in [0.2, 0.25) is 5.02 Å². The number of hydrogen-bond acceptors (Lipinski definition) is 4. The number of rotatable bonds is 13. The third-order valence-corrected chi connectivity index (χ3v) is 9.28. The van der Waals surface area contributed by atoms with Crippen molar-refractivity contribution in [1.29, 1.82) is 0 Å². The molecular formula is C33H39ClFN3O4S. The summed E-state index contributed by atoms with van der Waals surface area (Å²) in [7, 11) is -3.68. The lowest BCUT2D eigenvalue weighted by molar-refractivity contribution is -0.141. The van der Waals surface area contributed by atoms with Crippen molar-refractivity contribution in [3.8, 4) is 0 Å². The number of halogens is 2. The number of nitrogens with one attached hydrogen (secondary N) is 1. The number of carbonyl (C=O) groups excluding carboxylic acids is 2. The van der Waals surface area contributed by atoms with Crippen LogP contribution in [-0.2, 0) is 32.6 Å². The molecule has 230 valence electrons. The molecule has 0 radical (unpaired) electrons. The molecule has 4 rings (SSSR count). The molecule has 0 saturated heterocycles. The molecule has 43 heavy (non-hydrogen) atoms. The van der Waals surface area contributed by atoms with Crippen molar-refractivity contribution in [1.82, 2.24) is 10.2 Å². The number of aryl methyl sites for hydroxylation is 1. The predicted octanol–water partition coefficient (Wildman–Crippen LogP) is 6.03. The van der Waals surface area contributed by atoms with Gasteiger partial charge in [0.2, 0.25) is 21.8 Å². The molecule has 0 spiro atoms. The van der Waals surface area contributed by atoms with Crippen LogP contribution < -0.4 is 9.62 Å². The lowest BCUT2D eigenvalue weighted by Crippen LogP contribution is -2.52. The molecule has 1 aliphatic rings. The van der Waals surface area contributed by atoms with E-state index in [-0.39, 0.29) is 50.2 Å². The Bertz CT molecular complexity index is 1510. The first kappa shape index (κ1) is 32.5. The minimum absolute atomic E-state index is 0.0386. The molecule has 1 N–H and O–H groups in total. The molecule has 3 aromatic carbocycles. The third kappa shape index (κ3) is 9.03. The standard InChI is InChI=1S/C33H39ClFN3O4S/c1-24-18-19-27(34)22-30(24)38(43(2,41)42)20-10-17-32(39)37(23-26-13-6-9-16-29(26)35)31(21-25-11-4-3-5-12-25)33(40)36-28-14-7-8-15-28/h3-6,9,11-13,16,18-19,22,28,31H,7-8,10,14-15,17,20-21,23H2,1-2H3,(H,36,40)/t31-/m1/s1. The predicted molar refractivity (Wildman–Crippen MR) is 169 cm³/mol. The maximum Gasteiger partial charge on any atom is 0.243 e. The normalized spacial score (nSPS) is 14.3. The second kappa shape index (κ2) is 14.8. The van der Waals surface area contributed by atoms with E-state index in [2.05, 4.69) is 5.32 Å². The largest absolute Gasteiger partial charge is 0.352 e. The molecule has 0 aliphatic heterocycles. The number of nitrogens with zero attached hydrogens (tertiary/aromatic N) is 2. The van der Waals surface area contributed by atoms with Crippen LogP contribution in [-0.4, -0.2) is 50.0 Å². The molecule has 0 bridgehead atoms. The fourth-order valence-electron chi connectivity index (χ4n) is 5.57. The Balaban J connectivity index is 1.61. The van der Waals surface area contributed by atoms with Gasteiger partial charge < -0.3 is 10.2 Å². The Labute approximate surface area is 259 Å². The Hall–Kier alpha value is -3.43. The molecule has 1 atom stereocenters. The number of anilines is 1. The van der Waals surface area contributed by atoms with Gasteiger partial charge >= 0.3 is 0 Å². The number of amides is 2. The number of sulfonamides is 1. The highest BCUT2D eigenvalue weighted by atomic mass is 35.5. The van der Waals surface area contributed by atoms with Gasteiger partial charge in [0, 0.05) is 42.6 Å². The molecule has 3 aromatic rings. The highest BCUT2D eigenvalue weighted by Crippen LogP contribution is 2.27. The Morgan fingerprint density at radius 3 is 2.37 bits per heavy atom. The van der Waals surface area contributed by atoms with Crippen LogP contribution in [0.3, 0.4) is 0 Å². The van der Waals surface area contributed by atoms with Crippen molar-refractivity contribution in [2.45, 2.75) is 70.5 Å². The molecule has 1 fully saturated rings. The van der Waals surface area contributed by atoms with Gasteiger partial charge in [0.25, 0.3) is 0 Å². The summed E-state index contributed by atoms with van der Waals surface area (Å²) in [6, 6.07) is 19.8. The van der Waals surface area contributed by atoms with Gasteiger partial charge in [0.1, 0.15) is 11.9 Å². The smallest absolute Gasteiger partial charge is 0.243 e. The zero-order valence-corrected chi connectivity index (χ0v) is 26.2. The minimum atomic E-state index is -3.68. The first-order valence-corrected chi connectivity index (χ1v) is 16.9. The Morgan fingerprint density at radius 2 is 1.70 bits per heavy atom. The fraction of sp³-hybridized carbons (Fsp3) is 0.394. The average Bonchev–Trinajstić information content (AvgIpc) is 3.48. The van der Waals surface area contributed by atoms with Crippen molar-refractivity contribution < 1.29 is 22.4 Å². The highest BCUT2D eigenvalue weighted by molar-refractivity contribution is 7.92. The maximum absolute atomic E-state index is 14.9. The zero-order chi connectivity index (χ0) is 31.0. The van der Waals surface area contributed by atoms with Gasteiger partial charge in [-0.3, -0.25) is 13.9 Å². The molecule has 1 aliphatic carbocycles. The van der Waals surface area contributed by atoms with E-state index < -0.39 is 21.9 Å². The third-order valence-electron chi connectivity index (χ3n) is 7.86. The lowest BCUT2D eigenvalue weighted by Gasteiger charge is -2.33. The molecule has 10 heteroatoms. The zero-order valence-electron chi connectivity index (χ0n) is 24.6. The number of carbonyl (C=O) groups is 2. The summed E-state index contributed by atoms with van der Waals surface area (Å²) < 4.78 is 41.6. The first-order valence-electron chi connectivity index (χ1n) is 14.6. The summed E-state index contributed by atoms with van der Waals surface area (Å²) in [6.45, 7) is 1.74. The molecule has 0 aromatic heterocycles. The summed E-state index contributed by atoms with van der Waals surface area (Å²) in [5.74, 6) is -1.09. The van der Waals surface area contributed by atoms with Crippen molar-refractivity contribution in [3.63, 3.8) is 0 Å². The van der Waals surface area contributed by atoms with E-state index in [0.29, 0.717) is 16.3 Å². The van der Waals surface area contributed by atoms with Crippen molar-refractivity contribution in [3.05, 3.63) is 100 Å². The van der Waals surface area contributed by atoms with Crippen LogP contribution in [0.4, 0.5) is 10.1 Å². The molecule has 0 heterocycles. The van der Waals surface area contributed by atoms with E-state index in [1.54, 1.807) is 43.3 Å². The van der Waals surface area contributed by atoms with Crippen molar-refractivity contribution in [2.75, 3.05) is 17.1 Å². The molecule has 7 nitrogen and oxygen atoms in total. The molecular weight excluding hydrogens is 589 g/mol. The van der Waals surface area contributed by atoms with Gasteiger partial charge in [-0.05, 0) is 55.5 Å². The van der Waals surface area contributed by atoms with E-state index in [1.165, 1.54) is 15.3 Å². The quantitative estimate of drug-likeness (QED) is 0.251. The van der Waals surface area contributed by atoms with Gasteiger partial charge in [-0.15, -0.1) is 0 Å². The number of benzene rings is 3. The van der Waals surface area contributed by atoms with Crippen molar-refractivity contribution in [2.24, 2.45) is 0 Å². The molecule has 0 unspecified atom stereocenters. The first-order chi connectivity index (χ1) is 20.5. The Morgan fingerprint density at radius 1 is 1.02 bits per heavy atom. The van der Waals surface area contributed by atoms with Gasteiger partial charge in [0.05, 0.1) is 11.9 Å². The fourth-order valence-corrected chi connectivity index (χ4v) is 6.75. The van der Waals surface area contributed by atoms with Crippen molar-refractivity contribution >= 4 is 39.1 Å².